The average molecular weight is 270 g/mol. The highest BCUT2D eigenvalue weighted by Crippen LogP contribution is 2.24. The predicted molar refractivity (Wildman–Crippen MR) is 78.2 cm³/mol. The summed E-state index contributed by atoms with van der Waals surface area (Å²) < 4.78 is 5.45. The van der Waals surface area contributed by atoms with Crippen molar-refractivity contribution in [2.45, 2.75) is 51.8 Å². The zero-order valence-corrected chi connectivity index (χ0v) is 12.7. The van der Waals surface area contributed by atoms with Crippen LogP contribution in [0, 0.1) is 0 Å². The molecule has 0 aromatic heterocycles. The Bertz CT molecular complexity index is 379. The molecule has 0 aliphatic rings. The van der Waals surface area contributed by atoms with Gasteiger partial charge in [0.05, 0.1) is 5.60 Å². The number of nitrogens with one attached hydrogen (secondary N) is 1. The zero-order valence-electron chi connectivity index (χ0n) is 12.0. The van der Waals surface area contributed by atoms with Crippen LogP contribution < -0.4 is 5.32 Å². The molecule has 1 N–H and O–H groups in total. The van der Waals surface area contributed by atoms with E-state index in [-0.39, 0.29) is 11.6 Å². The lowest BCUT2D eigenvalue weighted by Crippen LogP contribution is -2.37. The molecule has 0 fully saturated rings. The monoisotopic (exact) mass is 269 g/mol. The molecule has 2 atom stereocenters. The van der Waals surface area contributed by atoms with Crippen molar-refractivity contribution in [1.82, 2.24) is 5.32 Å². The maximum Gasteiger partial charge on any atom is 0.0637 e. The van der Waals surface area contributed by atoms with E-state index >= 15 is 0 Å². The molecule has 18 heavy (non-hydrogen) atoms. The molecule has 2 nitrogen and oxygen atoms in total. The number of methoxy groups -OCH3 is 1. The zero-order chi connectivity index (χ0) is 13.8. The quantitative estimate of drug-likeness (QED) is 0.836. The van der Waals surface area contributed by atoms with Crippen molar-refractivity contribution in [1.29, 1.82) is 0 Å². The van der Waals surface area contributed by atoms with E-state index in [2.05, 4.69) is 39.1 Å². The topological polar surface area (TPSA) is 21.3 Å². The molecule has 2 unspecified atom stereocenters. The summed E-state index contributed by atoms with van der Waals surface area (Å²) in [6.07, 6.45) is 0.957. The van der Waals surface area contributed by atoms with Gasteiger partial charge in [-0.05, 0) is 45.7 Å². The fourth-order valence-corrected chi connectivity index (χ4v) is 2.52. The van der Waals surface area contributed by atoms with Crippen LogP contribution in [0.25, 0.3) is 0 Å². The largest absolute Gasteiger partial charge is 0.379 e. The van der Waals surface area contributed by atoms with Crippen LogP contribution >= 0.6 is 11.6 Å². The molecular formula is C15H24ClNO. The Morgan fingerprint density at radius 3 is 2.44 bits per heavy atom. The normalized spacial score (nSPS) is 15.4. The lowest BCUT2D eigenvalue weighted by Gasteiger charge is -2.29. The van der Waals surface area contributed by atoms with Crippen molar-refractivity contribution in [2.75, 3.05) is 7.11 Å². The van der Waals surface area contributed by atoms with Gasteiger partial charge in [0.25, 0.3) is 0 Å². The number of ether oxygens (including phenoxy) is 1. The third-order valence-electron chi connectivity index (χ3n) is 3.26. The molecule has 0 heterocycles. The summed E-state index contributed by atoms with van der Waals surface area (Å²) in [7, 11) is 1.75. The van der Waals surface area contributed by atoms with Crippen molar-refractivity contribution in [3.8, 4) is 0 Å². The lowest BCUT2D eigenvalue weighted by atomic mass is 9.98. The van der Waals surface area contributed by atoms with Crippen LogP contribution in [0.5, 0.6) is 0 Å². The molecular weight excluding hydrogens is 246 g/mol. The van der Waals surface area contributed by atoms with Crippen molar-refractivity contribution < 1.29 is 4.74 Å². The van der Waals surface area contributed by atoms with Gasteiger partial charge in [-0.3, -0.25) is 0 Å². The Hall–Kier alpha value is -0.570. The van der Waals surface area contributed by atoms with Gasteiger partial charge in [-0.15, -0.1) is 0 Å². The van der Waals surface area contributed by atoms with E-state index in [9.17, 15) is 0 Å². The molecule has 0 bridgehead atoms. The van der Waals surface area contributed by atoms with E-state index in [4.69, 9.17) is 16.3 Å². The Morgan fingerprint density at radius 1 is 1.28 bits per heavy atom. The molecule has 0 amide bonds. The molecule has 102 valence electrons. The third kappa shape index (κ3) is 4.60. The first-order chi connectivity index (χ1) is 8.35. The van der Waals surface area contributed by atoms with Gasteiger partial charge in [-0.2, -0.15) is 0 Å². The van der Waals surface area contributed by atoms with Crippen molar-refractivity contribution in [3.05, 3.63) is 34.9 Å². The van der Waals surface area contributed by atoms with Crippen molar-refractivity contribution in [3.63, 3.8) is 0 Å². The second-order valence-corrected chi connectivity index (χ2v) is 5.89. The van der Waals surface area contributed by atoms with Crippen LogP contribution in [0.15, 0.2) is 24.3 Å². The molecule has 1 rings (SSSR count). The summed E-state index contributed by atoms with van der Waals surface area (Å²) in [4.78, 5) is 0. The number of hydrogen-bond donors (Lipinski definition) is 1. The van der Waals surface area contributed by atoms with E-state index in [1.807, 2.05) is 18.2 Å². The second-order valence-electron chi connectivity index (χ2n) is 5.48. The molecule has 0 saturated carbocycles. The van der Waals surface area contributed by atoms with E-state index in [1.54, 1.807) is 7.11 Å². The first kappa shape index (κ1) is 15.5. The van der Waals surface area contributed by atoms with Gasteiger partial charge in [-0.25, -0.2) is 0 Å². The van der Waals surface area contributed by atoms with E-state index in [0.29, 0.717) is 6.04 Å². The van der Waals surface area contributed by atoms with Crippen LogP contribution in [-0.2, 0) is 4.74 Å². The highest BCUT2D eigenvalue weighted by atomic mass is 35.5. The highest BCUT2D eigenvalue weighted by molar-refractivity contribution is 6.31. The van der Waals surface area contributed by atoms with E-state index < -0.39 is 0 Å². The first-order valence-corrected chi connectivity index (χ1v) is 6.79. The van der Waals surface area contributed by atoms with Crippen LogP contribution in [-0.4, -0.2) is 18.8 Å². The van der Waals surface area contributed by atoms with Gasteiger partial charge in [0.1, 0.15) is 0 Å². The lowest BCUT2D eigenvalue weighted by molar-refractivity contribution is 0.00782. The minimum atomic E-state index is -0.105. The number of hydrogen-bond acceptors (Lipinski definition) is 2. The SMILES string of the molecule is COC(C)(C)CC(C)NC(C)c1ccccc1Cl. The summed E-state index contributed by atoms with van der Waals surface area (Å²) in [6, 6.07) is 8.57. The van der Waals surface area contributed by atoms with Gasteiger partial charge in [0, 0.05) is 24.2 Å². The van der Waals surface area contributed by atoms with E-state index in [0.717, 1.165) is 17.0 Å². The number of rotatable bonds is 6. The second kappa shape index (κ2) is 6.55. The fourth-order valence-electron chi connectivity index (χ4n) is 2.22. The van der Waals surface area contributed by atoms with Crippen molar-refractivity contribution in [2.24, 2.45) is 0 Å². The summed E-state index contributed by atoms with van der Waals surface area (Å²) in [5.41, 5.74) is 1.04. The Balaban J connectivity index is 2.60. The molecule has 0 aliphatic heterocycles. The molecule has 3 heteroatoms. The molecule has 1 aromatic carbocycles. The molecule has 0 radical (unpaired) electrons. The standard InChI is InChI=1S/C15H24ClNO/c1-11(10-15(3,4)18-5)17-12(2)13-8-6-7-9-14(13)16/h6-9,11-12,17H,10H2,1-5H3. The first-order valence-electron chi connectivity index (χ1n) is 6.41. The smallest absolute Gasteiger partial charge is 0.0637 e. The minimum absolute atomic E-state index is 0.105. The summed E-state index contributed by atoms with van der Waals surface area (Å²) in [5.74, 6) is 0. The van der Waals surface area contributed by atoms with Crippen LogP contribution in [0.4, 0.5) is 0 Å². The fraction of sp³-hybridized carbons (Fsp3) is 0.600. The average Bonchev–Trinajstić information content (AvgIpc) is 2.28. The maximum absolute atomic E-state index is 6.20. The molecule has 0 spiro atoms. The maximum atomic E-state index is 6.20. The molecule has 0 aliphatic carbocycles. The number of benzene rings is 1. The van der Waals surface area contributed by atoms with Crippen LogP contribution in [0.3, 0.4) is 0 Å². The Labute approximate surface area is 116 Å². The van der Waals surface area contributed by atoms with Crippen LogP contribution in [0.2, 0.25) is 5.02 Å². The summed E-state index contributed by atoms with van der Waals surface area (Å²) in [5, 5.41) is 4.38. The molecule has 1 aromatic rings. The molecule has 0 saturated heterocycles. The van der Waals surface area contributed by atoms with Gasteiger partial charge in [0.15, 0.2) is 0 Å². The summed E-state index contributed by atoms with van der Waals surface area (Å²) >= 11 is 6.20. The highest BCUT2D eigenvalue weighted by Gasteiger charge is 2.21. The van der Waals surface area contributed by atoms with Gasteiger partial charge in [-0.1, -0.05) is 29.8 Å². The predicted octanol–water partition coefficient (Wildman–Crippen LogP) is 4.19. The van der Waals surface area contributed by atoms with Gasteiger partial charge >= 0.3 is 0 Å². The third-order valence-corrected chi connectivity index (χ3v) is 3.60. The van der Waals surface area contributed by atoms with E-state index in [1.165, 1.54) is 0 Å². The number of halogens is 1. The van der Waals surface area contributed by atoms with Gasteiger partial charge < -0.3 is 10.1 Å². The Morgan fingerprint density at radius 2 is 1.89 bits per heavy atom. The summed E-state index contributed by atoms with van der Waals surface area (Å²) in [6.45, 7) is 8.52. The van der Waals surface area contributed by atoms with Gasteiger partial charge in [0.2, 0.25) is 0 Å². The Kier molecular flexibility index (Phi) is 5.64. The van der Waals surface area contributed by atoms with Crippen molar-refractivity contribution >= 4 is 11.6 Å². The van der Waals surface area contributed by atoms with Crippen LogP contribution in [0.1, 0.15) is 45.7 Å². The minimum Gasteiger partial charge on any atom is -0.379 e.